The van der Waals surface area contributed by atoms with Gasteiger partial charge in [-0.2, -0.15) is 13.2 Å². The van der Waals surface area contributed by atoms with Crippen LogP contribution in [0.15, 0.2) is 23.2 Å². The molecule has 1 atom stereocenters. The first-order valence-corrected chi connectivity index (χ1v) is 3.62. The molecule has 2 radical (unpaired) electrons. The van der Waals surface area contributed by atoms with Crippen LogP contribution in [0.5, 0.6) is 0 Å². The van der Waals surface area contributed by atoms with Crippen LogP contribution in [-0.4, -0.2) is 14.0 Å². The van der Waals surface area contributed by atoms with E-state index in [2.05, 4.69) is 0 Å². The van der Waals surface area contributed by atoms with E-state index in [0.29, 0.717) is 0 Å². The van der Waals surface area contributed by atoms with Crippen molar-refractivity contribution in [2.24, 2.45) is 5.92 Å². The van der Waals surface area contributed by atoms with Gasteiger partial charge in [-0.15, -0.1) is 0 Å². The molecule has 64 valence electrons. The molecular formula is C8H8BF3. The highest BCUT2D eigenvalue weighted by molar-refractivity contribution is 6.24. The third-order valence-corrected chi connectivity index (χ3v) is 1.93. The molecule has 0 N–H and O–H groups in total. The van der Waals surface area contributed by atoms with E-state index in [1.807, 2.05) is 0 Å². The molecule has 12 heavy (non-hydrogen) atoms. The molecule has 1 unspecified atom stereocenters. The average Bonchev–Trinajstić information content (AvgIpc) is 1.92. The fourth-order valence-corrected chi connectivity index (χ4v) is 1.07. The molecule has 0 amide bonds. The summed E-state index contributed by atoms with van der Waals surface area (Å²) in [7, 11) is 5.36. The number of rotatable bonds is 0. The summed E-state index contributed by atoms with van der Waals surface area (Å²) in [6.07, 6.45) is -1.55. The molecule has 0 aromatic rings. The maximum absolute atomic E-state index is 12.1. The van der Waals surface area contributed by atoms with Crippen molar-refractivity contribution in [3.8, 4) is 0 Å². The third-order valence-electron chi connectivity index (χ3n) is 1.93. The number of allylic oxidation sites excluding steroid dienone is 4. The lowest BCUT2D eigenvalue weighted by molar-refractivity contribution is -0.160. The molecule has 0 aromatic carbocycles. The molecular weight excluding hydrogens is 164 g/mol. The van der Waals surface area contributed by atoms with Gasteiger partial charge >= 0.3 is 6.18 Å². The number of alkyl halides is 3. The minimum absolute atomic E-state index is 0.00995. The Hall–Kier alpha value is -0.665. The average molecular weight is 172 g/mol. The van der Waals surface area contributed by atoms with E-state index < -0.39 is 12.1 Å². The molecule has 4 heteroatoms. The summed E-state index contributed by atoms with van der Waals surface area (Å²) in [5.41, 5.74) is 0.971. The Morgan fingerprint density at radius 1 is 1.50 bits per heavy atom. The molecule has 0 saturated heterocycles. The van der Waals surface area contributed by atoms with Gasteiger partial charge in [-0.05, 0) is 13.3 Å². The Labute approximate surface area is 70.6 Å². The van der Waals surface area contributed by atoms with Crippen LogP contribution in [0.2, 0.25) is 0 Å². The van der Waals surface area contributed by atoms with E-state index >= 15 is 0 Å². The maximum Gasteiger partial charge on any atom is 0.395 e. The fraction of sp³-hybridized carbons (Fsp3) is 0.500. The summed E-state index contributed by atoms with van der Waals surface area (Å²) in [6.45, 7) is 1.71. The fourth-order valence-electron chi connectivity index (χ4n) is 1.07. The summed E-state index contributed by atoms with van der Waals surface area (Å²) < 4.78 is 36.3. The molecule has 0 aromatic heterocycles. The monoisotopic (exact) mass is 172 g/mol. The van der Waals surface area contributed by atoms with Crippen molar-refractivity contribution >= 4 is 7.85 Å². The second-order valence-corrected chi connectivity index (χ2v) is 2.89. The highest BCUT2D eigenvalue weighted by atomic mass is 19.4. The normalized spacial score (nSPS) is 24.8. The highest BCUT2D eigenvalue weighted by Crippen LogP contribution is 2.34. The zero-order chi connectivity index (χ0) is 9.35. The molecule has 0 heterocycles. The van der Waals surface area contributed by atoms with Crippen LogP contribution in [0.3, 0.4) is 0 Å². The number of hydrogen-bond donors (Lipinski definition) is 0. The van der Waals surface area contributed by atoms with Gasteiger partial charge in [0.1, 0.15) is 7.85 Å². The largest absolute Gasteiger partial charge is 0.395 e. The molecule has 0 nitrogen and oxygen atoms in total. The van der Waals surface area contributed by atoms with Crippen molar-refractivity contribution in [3.05, 3.63) is 23.2 Å². The van der Waals surface area contributed by atoms with E-state index in [1.165, 1.54) is 6.08 Å². The quantitative estimate of drug-likeness (QED) is 0.492. The van der Waals surface area contributed by atoms with Crippen LogP contribution >= 0.6 is 0 Å². The van der Waals surface area contributed by atoms with Gasteiger partial charge in [-0.1, -0.05) is 23.2 Å². The van der Waals surface area contributed by atoms with Gasteiger partial charge < -0.3 is 0 Å². The second-order valence-electron chi connectivity index (χ2n) is 2.89. The smallest absolute Gasteiger partial charge is 0.170 e. The van der Waals surface area contributed by atoms with Crippen molar-refractivity contribution in [3.63, 3.8) is 0 Å². The molecule has 0 aliphatic heterocycles. The third kappa shape index (κ3) is 1.93. The lowest BCUT2D eigenvalue weighted by atomic mass is 9.80. The molecule has 0 fully saturated rings. The Balaban J connectivity index is 2.79. The number of halogens is 3. The van der Waals surface area contributed by atoms with E-state index in [4.69, 9.17) is 7.85 Å². The molecule has 1 rings (SSSR count). The van der Waals surface area contributed by atoms with Gasteiger partial charge in [0.15, 0.2) is 0 Å². The Bertz CT molecular complexity index is 237. The minimum atomic E-state index is -4.16. The Kier molecular flexibility index (Phi) is 2.35. The predicted octanol–water partition coefficient (Wildman–Crippen LogP) is 2.57. The van der Waals surface area contributed by atoms with Crippen molar-refractivity contribution in [1.82, 2.24) is 0 Å². The van der Waals surface area contributed by atoms with Gasteiger partial charge in [0.05, 0.1) is 5.92 Å². The van der Waals surface area contributed by atoms with Gasteiger partial charge in [0.2, 0.25) is 0 Å². The van der Waals surface area contributed by atoms with E-state index in [1.54, 1.807) is 6.92 Å². The lowest BCUT2D eigenvalue weighted by Gasteiger charge is -2.20. The molecule has 0 saturated carbocycles. The summed E-state index contributed by atoms with van der Waals surface area (Å²) in [5.74, 6) is -1.40. The first-order chi connectivity index (χ1) is 5.41. The van der Waals surface area contributed by atoms with Crippen LogP contribution < -0.4 is 0 Å². The summed E-state index contributed by atoms with van der Waals surface area (Å²) in [4.78, 5) is 0. The van der Waals surface area contributed by atoms with Crippen LogP contribution in [-0.2, 0) is 0 Å². The SMILES string of the molecule is [B]C1=CC(C(F)(F)F)CC=C1C. The van der Waals surface area contributed by atoms with Crippen molar-refractivity contribution in [2.45, 2.75) is 19.5 Å². The van der Waals surface area contributed by atoms with E-state index in [9.17, 15) is 13.2 Å². The first kappa shape index (κ1) is 9.42. The van der Waals surface area contributed by atoms with Crippen LogP contribution in [0.1, 0.15) is 13.3 Å². The van der Waals surface area contributed by atoms with Gasteiger partial charge in [0.25, 0.3) is 0 Å². The van der Waals surface area contributed by atoms with Crippen LogP contribution in [0, 0.1) is 5.92 Å². The van der Waals surface area contributed by atoms with E-state index in [-0.39, 0.29) is 11.9 Å². The summed E-state index contributed by atoms with van der Waals surface area (Å²) in [5, 5.41) is 0. The molecule has 1 aliphatic carbocycles. The predicted molar refractivity (Wildman–Crippen MR) is 41.8 cm³/mol. The zero-order valence-electron chi connectivity index (χ0n) is 6.65. The van der Waals surface area contributed by atoms with Gasteiger partial charge in [-0.3, -0.25) is 0 Å². The molecule has 0 spiro atoms. The minimum Gasteiger partial charge on any atom is -0.170 e. The van der Waals surface area contributed by atoms with Crippen LogP contribution in [0.25, 0.3) is 0 Å². The van der Waals surface area contributed by atoms with Gasteiger partial charge in [0, 0.05) is 0 Å². The lowest BCUT2D eigenvalue weighted by Crippen LogP contribution is -2.22. The number of hydrogen-bond acceptors (Lipinski definition) is 0. The second kappa shape index (κ2) is 3.00. The summed E-state index contributed by atoms with van der Waals surface area (Å²) >= 11 is 0. The van der Waals surface area contributed by atoms with Crippen molar-refractivity contribution in [2.75, 3.05) is 0 Å². The van der Waals surface area contributed by atoms with Crippen LogP contribution in [0.4, 0.5) is 13.2 Å². The topological polar surface area (TPSA) is 0 Å². The standard InChI is InChI=1S/C8H8BF3/c1-5-2-3-6(4-7(5)9)8(10,11)12/h2,4,6H,3H2,1H3. The Morgan fingerprint density at radius 3 is 2.50 bits per heavy atom. The van der Waals surface area contributed by atoms with Gasteiger partial charge in [-0.25, -0.2) is 0 Å². The van der Waals surface area contributed by atoms with E-state index in [0.717, 1.165) is 11.6 Å². The maximum atomic E-state index is 12.1. The van der Waals surface area contributed by atoms with Crippen molar-refractivity contribution < 1.29 is 13.2 Å². The zero-order valence-corrected chi connectivity index (χ0v) is 6.65. The summed E-state index contributed by atoms with van der Waals surface area (Å²) in [6, 6.07) is 0. The molecule has 0 bridgehead atoms. The first-order valence-electron chi connectivity index (χ1n) is 3.62. The molecule has 1 aliphatic rings. The van der Waals surface area contributed by atoms with Crippen molar-refractivity contribution in [1.29, 1.82) is 0 Å². The Morgan fingerprint density at radius 2 is 2.08 bits per heavy atom. The highest BCUT2D eigenvalue weighted by Gasteiger charge is 2.38.